The van der Waals surface area contributed by atoms with Crippen molar-refractivity contribution in [3.8, 4) is 0 Å². The molecule has 3 saturated heterocycles. The monoisotopic (exact) mass is 279 g/mol. The van der Waals surface area contributed by atoms with E-state index in [4.69, 9.17) is 4.74 Å². The van der Waals surface area contributed by atoms with Gasteiger partial charge in [-0.3, -0.25) is 9.80 Å². The lowest BCUT2D eigenvalue weighted by Gasteiger charge is -2.64. The van der Waals surface area contributed by atoms with Crippen LogP contribution >= 0.6 is 0 Å². The van der Waals surface area contributed by atoms with E-state index < -0.39 is 0 Å². The van der Waals surface area contributed by atoms with Crippen molar-refractivity contribution in [1.82, 2.24) is 14.7 Å². The van der Waals surface area contributed by atoms with Crippen molar-refractivity contribution in [2.24, 2.45) is 0 Å². The van der Waals surface area contributed by atoms with E-state index in [0.29, 0.717) is 11.6 Å². The third-order valence-corrected chi connectivity index (χ3v) is 6.01. The van der Waals surface area contributed by atoms with Crippen LogP contribution in [0.3, 0.4) is 0 Å². The third-order valence-electron chi connectivity index (χ3n) is 6.01. The maximum Gasteiger partial charge on any atom is 0.0635 e. The molecule has 4 heteroatoms. The number of hydrogen-bond donors (Lipinski definition) is 0. The highest BCUT2D eigenvalue weighted by Gasteiger charge is 2.54. The summed E-state index contributed by atoms with van der Waals surface area (Å²) in [6, 6.07) is 1.53. The fraction of sp³-hybridized carbons (Fsp3) is 1.00. The maximum atomic E-state index is 5.71. The smallest absolute Gasteiger partial charge is 0.0635 e. The Labute approximate surface area is 123 Å². The average molecular weight is 279 g/mol. The summed E-state index contributed by atoms with van der Waals surface area (Å²) in [6.07, 6.45) is 7.25. The van der Waals surface area contributed by atoms with E-state index >= 15 is 0 Å². The molecule has 1 atom stereocenters. The second-order valence-corrected chi connectivity index (χ2v) is 7.54. The van der Waals surface area contributed by atoms with Crippen LogP contribution in [0.1, 0.15) is 32.1 Å². The fourth-order valence-corrected chi connectivity index (χ4v) is 5.14. The standard InChI is InChI=1S/C16H29N3O/c1-17-9-15-10-20-8-7-19(15)16(11-17)12-18(13-16)14-5-3-2-4-6-14/h14-15H,2-13H2,1H3. The average Bonchev–Trinajstić information content (AvgIpc) is 2.44. The van der Waals surface area contributed by atoms with Crippen LogP contribution in [0, 0.1) is 0 Å². The number of likely N-dealkylation sites (tertiary alicyclic amines) is 1. The van der Waals surface area contributed by atoms with E-state index in [-0.39, 0.29) is 0 Å². The zero-order valence-corrected chi connectivity index (χ0v) is 12.9. The normalized spacial score (nSPS) is 36.8. The van der Waals surface area contributed by atoms with Crippen molar-refractivity contribution in [3.63, 3.8) is 0 Å². The summed E-state index contributed by atoms with van der Waals surface area (Å²) in [5.74, 6) is 0. The van der Waals surface area contributed by atoms with Gasteiger partial charge in [0.05, 0.1) is 18.8 Å². The molecule has 0 aromatic heterocycles. The summed E-state index contributed by atoms with van der Waals surface area (Å²) in [4.78, 5) is 8.12. The first-order valence-corrected chi connectivity index (χ1v) is 8.54. The highest BCUT2D eigenvalue weighted by Crippen LogP contribution is 2.38. The van der Waals surface area contributed by atoms with Gasteiger partial charge >= 0.3 is 0 Å². The molecule has 1 aliphatic carbocycles. The van der Waals surface area contributed by atoms with Gasteiger partial charge in [-0.1, -0.05) is 19.3 Å². The Morgan fingerprint density at radius 2 is 1.80 bits per heavy atom. The number of likely N-dealkylation sites (N-methyl/N-ethyl adjacent to an activating group) is 1. The molecule has 20 heavy (non-hydrogen) atoms. The molecule has 0 radical (unpaired) electrons. The summed E-state index contributed by atoms with van der Waals surface area (Å²) in [7, 11) is 2.29. The Morgan fingerprint density at radius 3 is 2.60 bits per heavy atom. The Kier molecular flexibility index (Phi) is 3.53. The van der Waals surface area contributed by atoms with Gasteiger partial charge in [-0.05, 0) is 19.9 Å². The Hall–Kier alpha value is -0.160. The van der Waals surface area contributed by atoms with Crippen molar-refractivity contribution in [1.29, 1.82) is 0 Å². The van der Waals surface area contributed by atoms with Crippen molar-refractivity contribution in [2.45, 2.75) is 49.7 Å². The van der Waals surface area contributed by atoms with Crippen LogP contribution in [0.25, 0.3) is 0 Å². The predicted molar refractivity (Wildman–Crippen MR) is 80.0 cm³/mol. The zero-order chi connectivity index (χ0) is 13.6. The maximum absolute atomic E-state index is 5.71. The Bertz CT molecular complexity index is 350. The summed E-state index contributed by atoms with van der Waals surface area (Å²) in [5, 5.41) is 0. The first-order chi connectivity index (χ1) is 9.77. The van der Waals surface area contributed by atoms with E-state index in [1.807, 2.05) is 0 Å². The molecule has 4 rings (SSSR count). The number of rotatable bonds is 1. The second-order valence-electron chi connectivity index (χ2n) is 7.54. The van der Waals surface area contributed by atoms with Gasteiger partial charge in [0.1, 0.15) is 0 Å². The molecule has 4 aliphatic rings. The molecule has 4 nitrogen and oxygen atoms in total. The highest BCUT2D eigenvalue weighted by molar-refractivity contribution is 5.12. The van der Waals surface area contributed by atoms with Gasteiger partial charge in [-0.15, -0.1) is 0 Å². The lowest BCUT2D eigenvalue weighted by Crippen LogP contribution is -2.81. The lowest BCUT2D eigenvalue weighted by atomic mass is 9.80. The quantitative estimate of drug-likeness (QED) is 0.713. The molecule has 114 valence electrons. The summed E-state index contributed by atoms with van der Waals surface area (Å²) < 4.78 is 5.71. The minimum atomic E-state index is 0.443. The molecule has 0 aromatic rings. The first-order valence-electron chi connectivity index (χ1n) is 8.54. The van der Waals surface area contributed by atoms with Crippen LogP contribution in [0.5, 0.6) is 0 Å². The van der Waals surface area contributed by atoms with E-state index in [2.05, 4.69) is 21.7 Å². The van der Waals surface area contributed by atoms with Crippen molar-refractivity contribution < 1.29 is 4.74 Å². The SMILES string of the molecule is CN1CC2COCCN2C2(C1)CN(C1CCCCC1)C2. The summed E-state index contributed by atoms with van der Waals surface area (Å²) in [6.45, 7) is 8.08. The minimum absolute atomic E-state index is 0.443. The van der Waals surface area contributed by atoms with Crippen LogP contribution in [-0.2, 0) is 4.74 Å². The molecule has 0 bridgehead atoms. The van der Waals surface area contributed by atoms with Gasteiger partial charge in [-0.25, -0.2) is 0 Å². The predicted octanol–water partition coefficient (Wildman–Crippen LogP) is 1.02. The van der Waals surface area contributed by atoms with Gasteiger partial charge in [0.15, 0.2) is 0 Å². The molecule has 0 amide bonds. The third kappa shape index (κ3) is 2.21. The highest BCUT2D eigenvalue weighted by atomic mass is 16.5. The molecular weight excluding hydrogens is 250 g/mol. The largest absolute Gasteiger partial charge is 0.378 e. The molecule has 3 aliphatic heterocycles. The Balaban J connectivity index is 1.44. The van der Waals surface area contributed by atoms with Crippen LogP contribution in [0.15, 0.2) is 0 Å². The molecule has 3 heterocycles. The molecule has 1 unspecified atom stereocenters. The molecule has 4 fully saturated rings. The van der Waals surface area contributed by atoms with Crippen molar-refractivity contribution in [3.05, 3.63) is 0 Å². The van der Waals surface area contributed by atoms with Gasteiger partial charge in [0, 0.05) is 44.8 Å². The van der Waals surface area contributed by atoms with Crippen LogP contribution in [-0.4, -0.2) is 85.3 Å². The molecule has 0 N–H and O–H groups in total. The number of fused-ring (bicyclic) bond motifs is 2. The fourth-order valence-electron chi connectivity index (χ4n) is 5.14. The number of morpholine rings is 1. The molecule has 0 aromatic carbocycles. The van der Waals surface area contributed by atoms with E-state index in [1.165, 1.54) is 58.3 Å². The molecule has 1 spiro atoms. The van der Waals surface area contributed by atoms with Crippen molar-refractivity contribution in [2.75, 3.05) is 53.0 Å². The van der Waals surface area contributed by atoms with Gasteiger partial charge in [0.25, 0.3) is 0 Å². The van der Waals surface area contributed by atoms with Crippen LogP contribution in [0.2, 0.25) is 0 Å². The van der Waals surface area contributed by atoms with Crippen LogP contribution in [0.4, 0.5) is 0 Å². The van der Waals surface area contributed by atoms with Gasteiger partial charge in [0.2, 0.25) is 0 Å². The van der Waals surface area contributed by atoms with Gasteiger partial charge < -0.3 is 9.64 Å². The number of piperazine rings is 1. The summed E-state index contributed by atoms with van der Waals surface area (Å²) in [5.41, 5.74) is 0.443. The number of hydrogen-bond acceptors (Lipinski definition) is 4. The number of nitrogens with zero attached hydrogens (tertiary/aromatic N) is 3. The van der Waals surface area contributed by atoms with E-state index in [1.54, 1.807) is 0 Å². The minimum Gasteiger partial charge on any atom is -0.378 e. The second kappa shape index (κ2) is 5.24. The van der Waals surface area contributed by atoms with Crippen molar-refractivity contribution >= 4 is 0 Å². The number of ether oxygens (including phenoxy) is 1. The molecular formula is C16H29N3O. The molecule has 1 saturated carbocycles. The first kappa shape index (κ1) is 13.5. The lowest BCUT2D eigenvalue weighted by molar-refractivity contribution is -0.171. The summed E-state index contributed by atoms with van der Waals surface area (Å²) >= 11 is 0. The Morgan fingerprint density at radius 1 is 1.00 bits per heavy atom. The van der Waals surface area contributed by atoms with Gasteiger partial charge in [-0.2, -0.15) is 0 Å². The van der Waals surface area contributed by atoms with Crippen LogP contribution < -0.4 is 0 Å². The zero-order valence-electron chi connectivity index (χ0n) is 12.9. The topological polar surface area (TPSA) is 19.0 Å². The van der Waals surface area contributed by atoms with E-state index in [0.717, 1.165) is 25.8 Å². The van der Waals surface area contributed by atoms with E-state index in [9.17, 15) is 0 Å².